The molecule has 0 heterocycles. The Bertz CT molecular complexity index is 761. The SMILES string of the molecule is O=S(=O)(NNc1c(Cl)cc(Cl)cc1Cl)c1ccccc1Br. The van der Waals surface area contributed by atoms with Gasteiger partial charge in [0, 0.05) is 9.50 Å². The second-order valence-corrected chi connectivity index (χ2v) is 7.66. The zero-order chi connectivity index (χ0) is 15.6. The molecule has 0 aliphatic carbocycles. The fourth-order valence-electron chi connectivity index (χ4n) is 1.50. The Morgan fingerprint density at radius 1 is 1.00 bits per heavy atom. The highest BCUT2D eigenvalue weighted by molar-refractivity contribution is 9.10. The molecular formula is C12H8BrCl3N2O2S. The van der Waals surface area contributed by atoms with E-state index in [-0.39, 0.29) is 20.6 Å². The lowest BCUT2D eigenvalue weighted by Gasteiger charge is -2.13. The Morgan fingerprint density at radius 2 is 1.57 bits per heavy atom. The summed E-state index contributed by atoms with van der Waals surface area (Å²) in [6.45, 7) is 0. The molecule has 0 aliphatic heterocycles. The maximum Gasteiger partial charge on any atom is 0.258 e. The van der Waals surface area contributed by atoms with Gasteiger partial charge in [0.2, 0.25) is 0 Å². The van der Waals surface area contributed by atoms with Gasteiger partial charge < -0.3 is 5.43 Å². The molecule has 0 saturated carbocycles. The third-order valence-electron chi connectivity index (χ3n) is 2.44. The molecule has 4 nitrogen and oxygen atoms in total. The standard InChI is InChI=1S/C12H8BrCl3N2O2S/c13-8-3-1-2-4-11(8)21(19,20)18-17-12-9(15)5-7(14)6-10(12)16/h1-6,17-18H. The van der Waals surface area contributed by atoms with Crippen LogP contribution < -0.4 is 10.3 Å². The van der Waals surface area contributed by atoms with E-state index >= 15 is 0 Å². The molecule has 0 unspecified atom stereocenters. The average Bonchev–Trinajstić information content (AvgIpc) is 2.37. The summed E-state index contributed by atoms with van der Waals surface area (Å²) in [5, 5.41) is 0.744. The van der Waals surface area contributed by atoms with Gasteiger partial charge in [-0.1, -0.05) is 46.9 Å². The number of hydrazine groups is 1. The van der Waals surface area contributed by atoms with Crippen LogP contribution in [0.1, 0.15) is 0 Å². The van der Waals surface area contributed by atoms with Crippen LogP contribution in [0.3, 0.4) is 0 Å². The van der Waals surface area contributed by atoms with Gasteiger partial charge in [-0.3, -0.25) is 0 Å². The van der Waals surface area contributed by atoms with Crippen LogP contribution in [0.2, 0.25) is 15.1 Å². The molecule has 0 aliphatic rings. The van der Waals surface area contributed by atoms with Crippen molar-refractivity contribution in [2.75, 3.05) is 5.43 Å². The first-order valence-electron chi connectivity index (χ1n) is 5.48. The third-order valence-corrected chi connectivity index (χ3v) is 5.52. The minimum atomic E-state index is -3.79. The van der Waals surface area contributed by atoms with E-state index in [0.29, 0.717) is 9.50 Å². The van der Waals surface area contributed by atoms with Crippen LogP contribution in [-0.2, 0) is 10.0 Å². The second-order valence-electron chi connectivity index (χ2n) is 3.91. The number of nitrogens with one attached hydrogen (secondary N) is 2. The monoisotopic (exact) mass is 428 g/mol. The Balaban J connectivity index is 2.26. The van der Waals surface area contributed by atoms with Crippen molar-refractivity contribution in [2.24, 2.45) is 0 Å². The van der Waals surface area contributed by atoms with E-state index in [1.54, 1.807) is 18.2 Å². The maximum absolute atomic E-state index is 12.2. The van der Waals surface area contributed by atoms with Gasteiger partial charge >= 0.3 is 0 Å². The Hall–Kier alpha value is -0.500. The lowest BCUT2D eigenvalue weighted by Crippen LogP contribution is -2.30. The average molecular weight is 431 g/mol. The fourth-order valence-corrected chi connectivity index (χ4v) is 4.26. The van der Waals surface area contributed by atoms with E-state index in [2.05, 4.69) is 26.2 Å². The number of sulfonamides is 1. The summed E-state index contributed by atoms with van der Waals surface area (Å²) in [6.07, 6.45) is 0. The first kappa shape index (κ1) is 16.9. The predicted octanol–water partition coefficient (Wildman–Crippen LogP) is 4.71. The lowest BCUT2D eigenvalue weighted by atomic mass is 10.3. The summed E-state index contributed by atoms with van der Waals surface area (Å²) >= 11 is 20.9. The van der Waals surface area contributed by atoms with E-state index in [1.807, 2.05) is 0 Å². The smallest absolute Gasteiger partial charge is 0.258 e. The number of hydrogen-bond acceptors (Lipinski definition) is 3. The third kappa shape index (κ3) is 4.03. The molecule has 0 radical (unpaired) electrons. The molecule has 2 aromatic rings. The number of rotatable bonds is 4. The number of anilines is 1. The Kier molecular flexibility index (Phi) is 5.40. The molecule has 0 saturated heterocycles. The molecule has 0 fully saturated rings. The summed E-state index contributed by atoms with van der Waals surface area (Å²) in [6, 6.07) is 9.30. The van der Waals surface area contributed by atoms with Crippen molar-refractivity contribution in [3.8, 4) is 0 Å². The molecular weight excluding hydrogens is 422 g/mol. The Morgan fingerprint density at radius 3 is 2.14 bits per heavy atom. The normalized spacial score (nSPS) is 11.4. The number of hydrogen-bond donors (Lipinski definition) is 2. The van der Waals surface area contributed by atoms with E-state index in [9.17, 15) is 8.42 Å². The summed E-state index contributed by atoms with van der Waals surface area (Å²) in [7, 11) is -3.79. The van der Waals surface area contributed by atoms with Gasteiger partial charge in [0.15, 0.2) is 0 Å². The molecule has 0 amide bonds. The van der Waals surface area contributed by atoms with E-state index in [0.717, 1.165) is 0 Å². The van der Waals surface area contributed by atoms with E-state index in [1.165, 1.54) is 18.2 Å². The summed E-state index contributed by atoms with van der Waals surface area (Å²) in [5.41, 5.74) is 2.71. The number of halogens is 4. The van der Waals surface area contributed by atoms with Crippen molar-refractivity contribution in [1.82, 2.24) is 4.83 Å². The number of benzene rings is 2. The van der Waals surface area contributed by atoms with Crippen LogP contribution in [0.25, 0.3) is 0 Å². The van der Waals surface area contributed by atoms with Crippen molar-refractivity contribution in [3.63, 3.8) is 0 Å². The maximum atomic E-state index is 12.2. The highest BCUT2D eigenvalue weighted by Gasteiger charge is 2.18. The summed E-state index contributed by atoms with van der Waals surface area (Å²) in [5.74, 6) is 0. The van der Waals surface area contributed by atoms with Gasteiger partial charge in [-0.25, -0.2) is 8.42 Å². The van der Waals surface area contributed by atoms with E-state index in [4.69, 9.17) is 34.8 Å². The predicted molar refractivity (Wildman–Crippen MR) is 89.6 cm³/mol. The minimum absolute atomic E-state index is 0.0821. The molecule has 9 heteroatoms. The zero-order valence-electron chi connectivity index (χ0n) is 10.2. The lowest BCUT2D eigenvalue weighted by molar-refractivity contribution is 0.587. The van der Waals surface area contributed by atoms with Gasteiger partial charge in [-0.05, 0) is 40.2 Å². The van der Waals surface area contributed by atoms with Gasteiger partial charge in [0.05, 0.1) is 20.6 Å². The second kappa shape index (κ2) is 6.73. The molecule has 0 atom stereocenters. The summed E-state index contributed by atoms with van der Waals surface area (Å²) < 4.78 is 24.8. The van der Waals surface area contributed by atoms with Crippen molar-refractivity contribution in [2.45, 2.75) is 4.90 Å². The highest BCUT2D eigenvalue weighted by Crippen LogP contribution is 2.33. The van der Waals surface area contributed by atoms with E-state index < -0.39 is 10.0 Å². The van der Waals surface area contributed by atoms with Crippen molar-refractivity contribution >= 4 is 66.4 Å². The molecule has 0 aromatic heterocycles. The topological polar surface area (TPSA) is 58.2 Å². The van der Waals surface area contributed by atoms with Crippen LogP contribution in [0.5, 0.6) is 0 Å². The first-order valence-corrected chi connectivity index (χ1v) is 8.89. The van der Waals surface area contributed by atoms with Gasteiger partial charge in [-0.15, -0.1) is 4.83 Å². The quantitative estimate of drug-likeness (QED) is 0.691. The highest BCUT2D eigenvalue weighted by atomic mass is 79.9. The van der Waals surface area contributed by atoms with Gasteiger partial charge in [0.1, 0.15) is 0 Å². The molecule has 2 aromatic carbocycles. The molecule has 2 N–H and O–H groups in total. The zero-order valence-corrected chi connectivity index (χ0v) is 14.9. The van der Waals surface area contributed by atoms with Crippen molar-refractivity contribution in [3.05, 3.63) is 55.9 Å². The fraction of sp³-hybridized carbons (Fsp3) is 0. The molecule has 2 rings (SSSR count). The molecule has 112 valence electrons. The van der Waals surface area contributed by atoms with Crippen LogP contribution in [0.15, 0.2) is 45.8 Å². The first-order chi connectivity index (χ1) is 9.81. The molecule has 0 bridgehead atoms. The van der Waals surface area contributed by atoms with Crippen molar-refractivity contribution < 1.29 is 8.42 Å². The molecule has 21 heavy (non-hydrogen) atoms. The van der Waals surface area contributed by atoms with Crippen LogP contribution in [0, 0.1) is 0 Å². The minimum Gasteiger partial charge on any atom is -0.305 e. The molecule has 0 spiro atoms. The largest absolute Gasteiger partial charge is 0.305 e. The van der Waals surface area contributed by atoms with Crippen molar-refractivity contribution in [1.29, 1.82) is 0 Å². The van der Waals surface area contributed by atoms with Crippen LogP contribution in [-0.4, -0.2) is 8.42 Å². The Labute approximate surface area is 145 Å². The van der Waals surface area contributed by atoms with Gasteiger partial charge in [-0.2, -0.15) is 0 Å². The summed E-state index contributed by atoms with van der Waals surface area (Å²) in [4.78, 5) is 2.30. The van der Waals surface area contributed by atoms with Crippen LogP contribution >= 0.6 is 50.7 Å². The van der Waals surface area contributed by atoms with Crippen LogP contribution in [0.4, 0.5) is 5.69 Å². The van der Waals surface area contributed by atoms with Gasteiger partial charge in [0.25, 0.3) is 10.0 Å².